The highest BCUT2D eigenvalue weighted by Gasteiger charge is 2.31. The molecular formula is C12H24N2S. The van der Waals surface area contributed by atoms with Gasteiger partial charge in [-0.2, -0.15) is 11.8 Å². The van der Waals surface area contributed by atoms with E-state index in [0.717, 1.165) is 17.2 Å². The summed E-state index contributed by atoms with van der Waals surface area (Å²) in [6, 6.07) is 1.21. The second kappa shape index (κ2) is 5.07. The van der Waals surface area contributed by atoms with Crippen LogP contribution in [0.15, 0.2) is 0 Å². The topological polar surface area (TPSA) is 29.3 Å². The molecule has 2 aliphatic rings. The smallest absolute Gasteiger partial charge is 0.0184 e. The van der Waals surface area contributed by atoms with Gasteiger partial charge in [-0.15, -0.1) is 0 Å². The van der Waals surface area contributed by atoms with Gasteiger partial charge in [-0.05, 0) is 25.7 Å². The molecule has 15 heavy (non-hydrogen) atoms. The van der Waals surface area contributed by atoms with Gasteiger partial charge in [0.25, 0.3) is 0 Å². The van der Waals surface area contributed by atoms with E-state index in [1.165, 1.54) is 38.1 Å². The van der Waals surface area contributed by atoms with Crippen LogP contribution in [-0.2, 0) is 0 Å². The Morgan fingerprint density at radius 1 is 1.33 bits per heavy atom. The summed E-state index contributed by atoms with van der Waals surface area (Å²) in [4.78, 5) is 2.66. The van der Waals surface area contributed by atoms with E-state index in [2.05, 4.69) is 30.5 Å². The van der Waals surface area contributed by atoms with Gasteiger partial charge < -0.3 is 5.73 Å². The van der Waals surface area contributed by atoms with Crippen molar-refractivity contribution in [3.63, 3.8) is 0 Å². The Kier molecular flexibility index (Phi) is 3.97. The molecule has 2 N–H and O–H groups in total. The average molecular weight is 228 g/mol. The summed E-state index contributed by atoms with van der Waals surface area (Å²) >= 11 is 2.12. The molecule has 4 unspecified atom stereocenters. The third-order valence-electron chi connectivity index (χ3n) is 4.20. The van der Waals surface area contributed by atoms with Crippen LogP contribution in [0.25, 0.3) is 0 Å². The van der Waals surface area contributed by atoms with Gasteiger partial charge in [0.1, 0.15) is 0 Å². The lowest BCUT2D eigenvalue weighted by Crippen LogP contribution is -2.48. The zero-order valence-corrected chi connectivity index (χ0v) is 10.8. The normalized spacial score (nSPS) is 43.4. The molecule has 2 rings (SSSR count). The maximum absolute atomic E-state index is 6.14. The predicted octanol–water partition coefficient (Wildman–Crippen LogP) is 1.94. The Morgan fingerprint density at radius 3 is 2.80 bits per heavy atom. The summed E-state index contributed by atoms with van der Waals surface area (Å²) in [6.45, 7) is 7.24. The van der Waals surface area contributed by atoms with Crippen molar-refractivity contribution < 1.29 is 0 Å². The average Bonchev–Trinajstić information content (AvgIpc) is 2.60. The maximum Gasteiger partial charge on any atom is 0.0184 e. The fraction of sp³-hybridized carbons (Fsp3) is 1.00. The summed E-state index contributed by atoms with van der Waals surface area (Å²) in [5.41, 5.74) is 6.14. The summed E-state index contributed by atoms with van der Waals surface area (Å²) in [6.07, 6.45) is 3.95. The van der Waals surface area contributed by atoms with Gasteiger partial charge >= 0.3 is 0 Å². The molecule has 1 heterocycles. The lowest BCUT2D eigenvalue weighted by Gasteiger charge is -2.39. The van der Waals surface area contributed by atoms with Crippen molar-refractivity contribution >= 4 is 11.8 Å². The Morgan fingerprint density at radius 2 is 2.13 bits per heavy atom. The van der Waals surface area contributed by atoms with E-state index in [9.17, 15) is 0 Å². The van der Waals surface area contributed by atoms with Crippen LogP contribution in [-0.4, -0.2) is 41.1 Å². The van der Waals surface area contributed by atoms with Crippen molar-refractivity contribution in [1.29, 1.82) is 0 Å². The minimum atomic E-state index is 0.474. The highest BCUT2D eigenvalue weighted by Crippen LogP contribution is 2.29. The number of nitrogens with two attached hydrogens (primary N) is 1. The number of nitrogens with zero attached hydrogens (tertiary/aromatic N) is 1. The highest BCUT2D eigenvalue weighted by atomic mass is 32.2. The molecule has 2 fully saturated rings. The van der Waals surface area contributed by atoms with E-state index in [4.69, 9.17) is 5.73 Å². The fourth-order valence-electron chi connectivity index (χ4n) is 2.85. The van der Waals surface area contributed by atoms with Crippen LogP contribution in [0.1, 0.15) is 33.1 Å². The minimum absolute atomic E-state index is 0.474. The van der Waals surface area contributed by atoms with Crippen LogP contribution in [0, 0.1) is 5.92 Å². The van der Waals surface area contributed by atoms with E-state index >= 15 is 0 Å². The van der Waals surface area contributed by atoms with Gasteiger partial charge in [0.15, 0.2) is 0 Å². The predicted molar refractivity (Wildman–Crippen MR) is 68.3 cm³/mol. The molecule has 1 aliphatic carbocycles. The Balaban J connectivity index is 1.87. The SMILES string of the molecule is CC1SCCN(CC2CCCC2N)C1C. The number of thioether (sulfide) groups is 1. The van der Waals surface area contributed by atoms with Crippen LogP contribution in [0.2, 0.25) is 0 Å². The second-order valence-electron chi connectivity index (χ2n) is 5.17. The monoisotopic (exact) mass is 228 g/mol. The summed E-state index contributed by atoms with van der Waals surface area (Å²) in [5.74, 6) is 2.07. The van der Waals surface area contributed by atoms with Gasteiger partial charge in [-0.1, -0.05) is 13.3 Å². The lowest BCUT2D eigenvalue weighted by atomic mass is 10.0. The van der Waals surface area contributed by atoms with Crippen LogP contribution in [0.4, 0.5) is 0 Å². The van der Waals surface area contributed by atoms with Crippen molar-refractivity contribution in [2.24, 2.45) is 11.7 Å². The molecule has 0 amide bonds. The molecule has 1 saturated carbocycles. The van der Waals surface area contributed by atoms with Gasteiger partial charge in [-0.25, -0.2) is 0 Å². The van der Waals surface area contributed by atoms with Crippen molar-refractivity contribution in [2.75, 3.05) is 18.8 Å². The second-order valence-corrected chi connectivity index (χ2v) is 6.65. The van der Waals surface area contributed by atoms with Crippen molar-refractivity contribution in [3.8, 4) is 0 Å². The molecule has 0 spiro atoms. The van der Waals surface area contributed by atoms with E-state index in [1.54, 1.807) is 0 Å². The molecule has 4 atom stereocenters. The zero-order chi connectivity index (χ0) is 10.8. The highest BCUT2D eigenvalue weighted by molar-refractivity contribution is 8.00. The molecule has 3 heteroatoms. The summed E-state index contributed by atoms with van der Waals surface area (Å²) in [7, 11) is 0. The van der Waals surface area contributed by atoms with Crippen molar-refractivity contribution in [1.82, 2.24) is 4.90 Å². The Labute approximate surface area is 98.0 Å². The van der Waals surface area contributed by atoms with Gasteiger partial charge in [0.05, 0.1) is 0 Å². The number of hydrogen-bond donors (Lipinski definition) is 1. The van der Waals surface area contributed by atoms with Crippen LogP contribution < -0.4 is 5.73 Å². The molecule has 2 nitrogen and oxygen atoms in total. The molecule has 1 saturated heterocycles. The third kappa shape index (κ3) is 2.69. The van der Waals surface area contributed by atoms with E-state index in [0.29, 0.717) is 6.04 Å². The molecule has 88 valence electrons. The number of hydrogen-bond acceptors (Lipinski definition) is 3. The summed E-state index contributed by atoms with van der Waals surface area (Å²) in [5, 5.41) is 0.788. The number of rotatable bonds is 2. The van der Waals surface area contributed by atoms with Gasteiger partial charge in [0, 0.05) is 36.2 Å². The minimum Gasteiger partial charge on any atom is -0.327 e. The summed E-state index contributed by atoms with van der Waals surface area (Å²) < 4.78 is 0. The Bertz CT molecular complexity index is 210. The van der Waals surface area contributed by atoms with Crippen molar-refractivity contribution in [3.05, 3.63) is 0 Å². The first-order chi connectivity index (χ1) is 7.18. The quantitative estimate of drug-likeness (QED) is 0.783. The van der Waals surface area contributed by atoms with Gasteiger partial charge in [0.2, 0.25) is 0 Å². The third-order valence-corrected chi connectivity index (χ3v) is 5.54. The first kappa shape index (κ1) is 11.7. The van der Waals surface area contributed by atoms with Crippen LogP contribution in [0.3, 0.4) is 0 Å². The van der Waals surface area contributed by atoms with Crippen molar-refractivity contribution in [2.45, 2.75) is 50.4 Å². The van der Waals surface area contributed by atoms with Gasteiger partial charge in [-0.3, -0.25) is 4.90 Å². The van der Waals surface area contributed by atoms with E-state index in [1.807, 2.05) is 0 Å². The standard InChI is InChI=1S/C12H24N2S/c1-9-10(2)15-7-6-14(9)8-11-4-3-5-12(11)13/h9-12H,3-8,13H2,1-2H3. The van der Waals surface area contributed by atoms with E-state index in [-0.39, 0.29) is 0 Å². The molecule has 0 aromatic carbocycles. The molecule has 0 bridgehead atoms. The fourth-order valence-corrected chi connectivity index (χ4v) is 4.01. The molecule has 0 radical (unpaired) electrons. The molecule has 0 aromatic rings. The zero-order valence-electron chi connectivity index (χ0n) is 9.98. The lowest BCUT2D eigenvalue weighted by molar-refractivity contribution is 0.175. The largest absolute Gasteiger partial charge is 0.327 e. The van der Waals surface area contributed by atoms with Crippen LogP contribution in [0.5, 0.6) is 0 Å². The Hall–Kier alpha value is 0.270. The first-order valence-corrected chi connectivity index (χ1v) is 7.34. The first-order valence-electron chi connectivity index (χ1n) is 6.29. The van der Waals surface area contributed by atoms with E-state index < -0.39 is 0 Å². The van der Waals surface area contributed by atoms with Crippen LogP contribution >= 0.6 is 11.8 Å². The molecule has 1 aliphatic heterocycles. The maximum atomic E-state index is 6.14. The molecular weight excluding hydrogens is 204 g/mol. The molecule has 0 aromatic heterocycles.